The predicted octanol–water partition coefficient (Wildman–Crippen LogP) is 2.81. The molecule has 0 unspecified atom stereocenters. The molecule has 4 N–H and O–H groups in total. The number of nitrogens with zero attached hydrogens (tertiary/aromatic N) is 1. The molecule has 108 valence electrons. The summed E-state index contributed by atoms with van der Waals surface area (Å²) in [7, 11) is 0. The number of phenolic OH excluding ortho intramolecular Hbond substituents is 1. The van der Waals surface area contributed by atoms with Crippen molar-refractivity contribution in [3.63, 3.8) is 0 Å². The maximum atomic E-state index is 9.23. The number of hydrogen-bond acceptors (Lipinski definition) is 2. The van der Waals surface area contributed by atoms with Gasteiger partial charge in [0.25, 0.3) is 0 Å². The van der Waals surface area contributed by atoms with Crippen molar-refractivity contribution in [3.8, 4) is 5.75 Å². The summed E-state index contributed by atoms with van der Waals surface area (Å²) in [6.45, 7) is 0.490. The lowest BCUT2D eigenvalue weighted by Gasteiger charge is -2.08. The van der Waals surface area contributed by atoms with Crippen molar-refractivity contribution < 1.29 is 5.11 Å². The Bertz CT molecular complexity index is 662. The third-order valence-corrected chi connectivity index (χ3v) is 3.74. The highest BCUT2D eigenvalue weighted by Crippen LogP contribution is 2.24. The lowest BCUT2D eigenvalue weighted by Crippen LogP contribution is -2.22. The average molecular weight is 281 g/mol. The largest absolute Gasteiger partial charge is 0.508 e. The zero-order chi connectivity index (χ0) is 14.7. The van der Waals surface area contributed by atoms with E-state index in [0.29, 0.717) is 12.5 Å². The first kappa shape index (κ1) is 13.5. The predicted molar refractivity (Wildman–Crippen MR) is 85.5 cm³/mol. The summed E-state index contributed by atoms with van der Waals surface area (Å²) in [4.78, 5) is 4.31. The Morgan fingerprint density at radius 2 is 1.86 bits per heavy atom. The molecule has 0 heterocycles. The lowest BCUT2D eigenvalue weighted by atomic mass is 10.1. The van der Waals surface area contributed by atoms with Crippen LogP contribution in [0, 0.1) is 0 Å². The molecule has 0 bridgehead atoms. The van der Waals surface area contributed by atoms with Gasteiger partial charge >= 0.3 is 0 Å². The molecule has 0 radical (unpaired) electrons. The van der Waals surface area contributed by atoms with Crippen LogP contribution in [0.15, 0.2) is 47.5 Å². The molecule has 0 aromatic heterocycles. The van der Waals surface area contributed by atoms with E-state index < -0.39 is 0 Å². The summed E-state index contributed by atoms with van der Waals surface area (Å²) in [5.41, 5.74) is 10.8. The van der Waals surface area contributed by atoms with Gasteiger partial charge in [0.05, 0.1) is 6.54 Å². The summed E-state index contributed by atoms with van der Waals surface area (Å²) < 4.78 is 0. The SMILES string of the molecule is NC(=NCc1ccc(O)cc1)Nc1ccc2c(c1)CCC2. The summed E-state index contributed by atoms with van der Waals surface area (Å²) in [5.74, 6) is 0.660. The van der Waals surface area contributed by atoms with E-state index in [1.165, 1.54) is 24.0 Å². The number of fused-ring (bicyclic) bond motifs is 1. The number of nitrogens with two attached hydrogens (primary N) is 1. The van der Waals surface area contributed by atoms with E-state index in [4.69, 9.17) is 5.73 Å². The zero-order valence-corrected chi connectivity index (χ0v) is 11.8. The van der Waals surface area contributed by atoms with Gasteiger partial charge in [0, 0.05) is 5.69 Å². The number of guanidine groups is 1. The van der Waals surface area contributed by atoms with Crippen molar-refractivity contribution in [2.45, 2.75) is 25.8 Å². The fraction of sp³-hybridized carbons (Fsp3) is 0.235. The fourth-order valence-electron chi connectivity index (χ4n) is 2.61. The van der Waals surface area contributed by atoms with Crippen molar-refractivity contribution in [1.29, 1.82) is 0 Å². The van der Waals surface area contributed by atoms with E-state index in [9.17, 15) is 5.11 Å². The van der Waals surface area contributed by atoms with Crippen LogP contribution in [0.3, 0.4) is 0 Å². The highest BCUT2D eigenvalue weighted by Gasteiger charge is 2.10. The molecule has 2 aromatic rings. The number of nitrogens with one attached hydrogen (secondary N) is 1. The minimum absolute atomic E-state index is 0.256. The second kappa shape index (κ2) is 5.87. The molecule has 1 aliphatic carbocycles. The summed E-state index contributed by atoms with van der Waals surface area (Å²) >= 11 is 0. The molecule has 2 aromatic carbocycles. The Hall–Kier alpha value is -2.49. The van der Waals surface area contributed by atoms with Gasteiger partial charge < -0.3 is 16.2 Å². The molecule has 0 amide bonds. The molecule has 0 saturated heterocycles. The summed E-state index contributed by atoms with van der Waals surface area (Å²) in [6.07, 6.45) is 3.57. The Morgan fingerprint density at radius 3 is 2.67 bits per heavy atom. The van der Waals surface area contributed by atoms with Gasteiger partial charge in [-0.05, 0) is 60.2 Å². The van der Waals surface area contributed by atoms with Crippen LogP contribution in [0.1, 0.15) is 23.1 Å². The van der Waals surface area contributed by atoms with Gasteiger partial charge in [-0.1, -0.05) is 18.2 Å². The Balaban J connectivity index is 1.64. The molecule has 3 rings (SSSR count). The van der Waals surface area contributed by atoms with Crippen LogP contribution in [-0.4, -0.2) is 11.1 Å². The number of aliphatic imine (C=N–C) groups is 1. The third-order valence-electron chi connectivity index (χ3n) is 3.74. The summed E-state index contributed by atoms with van der Waals surface area (Å²) in [6, 6.07) is 13.3. The molecular formula is C17H19N3O. The second-order valence-corrected chi connectivity index (χ2v) is 5.33. The standard InChI is InChI=1S/C17H19N3O/c18-17(19-11-12-4-8-16(21)9-5-12)20-15-7-6-13-2-1-3-14(13)10-15/h4-10,21H,1-3,11H2,(H3,18,19,20). The molecule has 4 heteroatoms. The van der Waals surface area contributed by atoms with Crippen molar-refractivity contribution in [3.05, 3.63) is 59.2 Å². The van der Waals surface area contributed by atoms with Gasteiger partial charge in [-0.15, -0.1) is 0 Å². The van der Waals surface area contributed by atoms with Crippen LogP contribution in [0.2, 0.25) is 0 Å². The maximum absolute atomic E-state index is 9.23. The minimum Gasteiger partial charge on any atom is -0.508 e. The van der Waals surface area contributed by atoms with Gasteiger partial charge in [0.15, 0.2) is 5.96 Å². The number of benzene rings is 2. The van der Waals surface area contributed by atoms with Crippen LogP contribution in [-0.2, 0) is 19.4 Å². The average Bonchev–Trinajstić information content (AvgIpc) is 2.94. The van der Waals surface area contributed by atoms with E-state index >= 15 is 0 Å². The van der Waals surface area contributed by atoms with Gasteiger partial charge in [-0.3, -0.25) is 0 Å². The lowest BCUT2D eigenvalue weighted by molar-refractivity contribution is 0.475. The van der Waals surface area contributed by atoms with E-state index in [0.717, 1.165) is 17.7 Å². The number of phenols is 1. The zero-order valence-electron chi connectivity index (χ0n) is 11.8. The molecule has 0 fully saturated rings. The highest BCUT2D eigenvalue weighted by atomic mass is 16.3. The maximum Gasteiger partial charge on any atom is 0.193 e. The first-order valence-corrected chi connectivity index (χ1v) is 7.17. The van der Waals surface area contributed by atoms with E-state index in [-0.39, 0.29) is 5.75 Å². The Labute approximate surface area is 124 Å². The van der Waals surface area contributed by atoms with Crippen molar-refractivity contribution in [1.82, 2.24) is 0 Å². The number of aryl methyl sites for hydroxylation is 2. The van der Waals surface area contributed by atoms with Crippen LogP contribution < -0.4 is 11.1 Å². The minimum atomic E-state index is 0.256. The Kier molecular flexibility index (Phi) is 3.77. The first-order valence-electron chi connectivity index (χ1n) is 7.17. The molecule has 21 heavy (non-hydrogen) atoms. The van der Waals surface area contributed by atoms with Crippen molar-refractivity contribution in [2.24, 2.45) is 10.7 Å². The molecule has 1 aliphatic rings. The summed E-state index contributed by atoms with van der Waals surface area (Å²) in [5, 5.41) is 12.4. The number of aromatic hydroxyl groups is 1. The molecular weight excluding hydrogens is 262 g/mol. The van der Waals surface area contributed by atoms with Crippen LogP contribution >= 0.6 is 0 Å². The molecule has 4 nitrogen and oxygen atoms in total. The smallest absolute Gasteiger partial charge is 0.193 e. The Morgan fingerprint density at radius 1 is 1.10 bits per heavy atom. The van der Waals surface area contributed by atoms with E-state index in [1.54, 1.807) is 12.1 Å². The van der Waals surface area contributed by atoms with Crippen molar-refractivity contribution in [2.75, 3.05) is 5.32 Å². The molecule has 0 atom stereocenters. The van der Waals surface area contributed by atoms with Gasteiger partial charge in [0.2, 0.25) is 0 Å². The monoisotopic (exact) mass is 281 g/mol. The van der Waals surface area contributed by atoms with E-state index in [1.807, 2.05) is 18.2 Å². The second-order valence-electron chi connectivity index (χ2n) is 5.33. The molecule has 0 saturated carbocycles. The third kappa shape index (κ3) is 3.34. The number of rotatable bonds is 3. The normalized spacial score (nSPS) is 14.0. The quantitative estimate of drug-likeness (QED) is 0.598. The van der Waals surface area contributed by atoms with Gasteiger partial charge in [0.1, 0.15) is 5.75 Å². The van der Waals surface area contributed by atoms with Gasteiger partial charge in [-0.2, -0.15) is 0 Å². The fourth-order valence-corrected chi connectivity index (χ4v) is 2.61. The van der Waals surface area contributed by atoms with Gasteiger partial charge in [-0.25, -0.2) is 4.99 Å². The highest BCUT2D eigenvalue weighted by molar-refractivity contribution is 5.92. The van der Waals surface area contributed by atoms with Crippen molar-refractivity contribution >= 4 is 11.6 Å². The number of hydrogen-bond donors (Lipinski definition) is 3. The van der Waals surface area contributed by atoms with Crippen LogP contribution in [0.5, 0.6) is 5.75 Å². The molecule has 0 spiro atoms. The number of anilines is 1. The molecule has 0 aliphatic heterocycles. The topological polar surface area (TPSA) is 70.6 Å². The van der Waals surface area contributed by atoms with Crippen LogP contribution in [0.25, 0.3) is 0 Å². The van der Waals surface area contributed by atoms with Crippen LogP contribution in [0.4, 0.5) is 5.69 Å². The first-order chi connectivity index (χ1) is 10.2. The van der Waals surface area contributed by atoms with E-state index in [2.05, 4.69) is 22.4 Å².